The van der Waals surface area contributed by atoms with E-state index in [1.807, 2.05) is 0 Å². The van der Waals surface area contributed by atoms with Gasteiger partial charge in [0.25, 0.3) is 0 Å². The summed E-state index contributed by atoms with van der Waals surface area (Å²) in [6.07, 6.45) is 3.71. The third-order valence-corrected chi connectivity index (χ3v) is 3.82. The average Bonchev–Trinajstić information content (AvgIpc) is 2.20. The highest BCUT2D eigenvalue weighted by Gasteiger charge is 2.52. The summed E-state index contributed by atoms with van der Waals surface area (Å²) in [5.41, 5.74) is 0.444. The highest BCUT2D eigenvalue weighted by molar-refractivity contribution is 5.02. The van der Waals surface area contributed by atoms with Gasteiger partial charge in [0.2, 0.25) is 0 Å². The maximum atomic E-state index is 9.55. The minimum atomic E-state index is 0.0220. The topological polar surface area (TPSA) is 20.2 Å². The van der Waals surface area contributed by atoms with Gasteiger partial charge in [-0.3, -0.25) is 0 Å². The first-order valence-corrected chi connectivity index (χ1v) is 4.30. The van der Waals surface area contributed by atoms with Gasteiger partial charge in [-0.05, 0) is 36.5 Å². The second kappa shape index (κ2) is 1.76. The van der Waals surface area contributed by atoms with Gasteiger partial charge < -0.3 is 5.11 Å². The van der Waals surface area contributed by atoms with E-state index in [0.717, 1.165) is 12.3 Å². The van der Waals surface area contributed by atoms with Crippen molar-refractivity contribution in [3.63, 3.8) is 0 Å². The maximum Gasteiger partial charge on any atom is 0.0576 e. The molecule has 0 radical (unpaired) electrons. The fourth-order valence-corrected chi connectivity index (χ4v) is 2.99. The van der Waals surface area contributed by atoms with Crippen molar-refractivity contribution in [3.05, 3.63) is 0 Å². The third kappa shape index (κ3) is 0.619. The number of hydrogen-bond donors (Lipinski definition) is 1. The molecule has 0 spiro atoms. The molecular weight excluding hydrogens is 124 g/mol. The number of rotatable bonds is 0. The lowest BCUT2D eigenvalue weighted by atomic mass is 9.82. The van der Waals surface area contributed by atoms with Gasteiger partial charge in [0, 0.05) is 0 Å². The van der Waals surface area contributed by atoms with Crippen LogP contribution in [0.2, 0.25) is 0 Å². The number of hydrogen-bond acceptors (Lipinski definition) is 1. The van der Waals surface area contributed by atoms with Crippen molar-refractivity contribution >= 4 is 0 Å². The van der Waals surface area contributed by atoms with E-state index < -0.39 is 0 Å². The van der Waals surface area contributed by atoms with Crippen molar-refractivity contribution in [2.75, 3.05) is 0 Å². The summed E-state index contributed by atoms with van der Waals surface area (Å²) >= 11 is 0. The van der Waals surface area contributed by atoms with Gasteiger partial charge in [-0.25, -0.2) is 0 Å². The molecule has 2 bridgehead atoms. The Morgan fingerprint density at radius 3 is 2.20 bits per heavy atom. The normalized spacial score (nSPS) is 50.1. The number of fused-ring (bicyclic) bond motifs is 2. The lowest BCUT2D eigenvalue weighted by Gasteiger charge is -2.24. The van der Waals surface area contributed by atoms with Crippen LogP contribution in [0, 0.1) is 17.3 Å². The molecule has 3 unspecified atom stereocenters. The Kier molecular flexibility index (Phi) is 1.17. The summed E-state index contributed by atoms with van der Waals surface area (Å²) in [6.45, 7) is 4.62. The van der Waals surface area contributed by atoms with Crippen LogP contribution in [0.4, 0.5) is 0 Å². The molecule has 1 heteroatoms. The largest absolute Gasteiger partial charge is 0.393 e. The van der Waals surface area contributed by atoms with Crippen molar-refractivity contribution in [2.24, 2.45) is 17.3 Å². The van der Waals surface area contributed by atoms with Gasteiger partial charge in [-0.15, -0.1) is 0 Å². The smallest absolute Gasteiger partial charge is 0.0576 e. The zero-order valence-corrected chi connectivity index (χ0v) is 6.80. The molecule has 0 aliphatic heterocycles. The molecule has 1 nitrogen and oxygen atoms in total. The van der Waals surface area contributed by atoms with Gasteiger partial charge in [-0.2, -0.15) is 0 Å². The van der Waals surface area contributed by atoms with Gasteiger partial charge in [-0.1, -0.05) is 13.8 Å². The van der Waals surface area contributed by atoms with Crippen molar-refractivity contribution in [1.29, 1.82) is 0 Å². The lowest BCUT2D eigenvalue weighted by molar-refractivity contribution is 0.0949. The Hall–Kier alpha value is -0.0400. The predicted octanol–water partition coefficient (Wildman–Crippen LogP) is 1.80. The summed E-state index contributed by atoms with van der Waals surface area (Å²) in [4.78, 5) is 0. The van der Waals surface area contributed by atoms with E-state index in [0.29, 0.717) is 11.3 Å². The Morgan fingerprint density at radius 1 is 1.30 bits per heavy atom. The van der Waals surface area contributed by atoms with E-state index in [4.69, 9.17) is 0 Å². The van der Waals surface area contributed by atoms with Crippen molar-refractivity contribution < 1.29 is 5.11 Å². The molecular formula is C9H16O. The molecule has 0 aromatic carbocycles. The van der Waals surface area contributed by atoms with E-state index >= 15 is 0 Å². The highest BCUT2D eigenvalue weighted by atomic mass is 16.3. The first-order chi connectivity index (χ1) is 4.62. The summed E-state index contributed by atoms with van der Waals surface area (Å²) in [5, 5.41) is 9.55. The molecule has 0 aromatic rings. The van der Waals surface area contributed by atoms with Gasteiger partial charge in [0.15, 0.2) is 0 Å². The molecule has 58 valence electrons. The molecule has 2 saturated carbocycles. The molecule has 2 fully saturated rings. The Bertz CT molecular complexity index is 151. The molecule has 0 amide bonds. The number of aliphatic hydroxyl groups is 1. The minimum Gasteiger partial charge on any atom is -0.393 e. The van der Waals surface area contributed by atoms with Crippen molar-refractivity contribution in [1.82, 2.24) is 0 Å². The first kappa shape index (κ1) is 6.66. The Morgan fingerprint density at radius 2 is 2.00 bits per heavy atom. The SMILES string of the molecule is CC1(C)C2CCC1C(O)C2. The summed E-state index contributed by atoms with van der Waals surface area (Å²) < 4.78 is 0. The van der Waals surface area contributed by atoms with Crippen molar-refractivity contribution in [2.45, 2.75) is 39.2 Å². The molecule has 3 atom stereocenters. The molecule has 1 N–H and O–H groups in total. The molecule has 10 heavy (non-hydrogen) atoms. The fraction of sp³-hybridized carbons (Fsp3) is 1.00. The van der Waals surface area contributed by atoms with Crippen LogP contribution in [0.3, 0.4) is 0 Å². The molecule has 0 saturated heterocycles. The van der Waals surface area contributed by atoms with Crippen LogP contribution in [0.5, 0.6) is 0 Å². The Labute approximate surface area is 62.4 Å². The van der Waals surface area contributed by atoms with Crippen LogP contribution in [-0.2, 0) is 0 Å². The zero-order chi connectivity index (χ0) is 7.35. The molecule has 0 heterocycles. The summed E-state index contributed by atoms with van der Waals surface area (Å²) in [6, 6.07) is 0. The minimum absolute atomic E-state index is 0.0220. The third-order valence-electron chi connectivity index (χ3n) is 3.82. The maximum absolute atomic E-state index is 9.55. The van der Waals surface area contributed by atoms with Crippen LogP contribution in [0.1, 0.15) is 33.1 Å². The van der Waals surface area contributed by atoms with Crippen LogP contribution in [0.25, 0.3) is 0 Å². The average molecular weight is 140 g/mol. The lowest BCUT2D eigenvalue weighted by Crippen LogP contribution is -2.22. The number of aliphatic hydroxyl groups excluding tert-OH is 1. The Balaban J connectivity index is 2.27. The van der Waals surface area contributed by atoms with Crippen LogP contribution < -0.4 is 0 Å². The van der Waals surface area contributed by atoms with Gasteiger partial charge in [0.05, 0.1) is 6.10 Å². The van der Waals surface area contributed by atoms with E-state index in [1.165, 1.54) is 12.8 Å². The second-order valence-electron chi connectivity index (χ2n) is 4.51. The first-order valence-electron chi connectivity index (χ1n) is 4.30. The van der Waals surface area contributed by atoms with E-state index in [-0.39, 0.29) is 6.10 Å². The summed E-state index contributed by atoms with van der Waals surface area (Å²) in [5.74, 6) is 1.42. The van der Waals surface area contributed by atoms with Crippen LogP contribution in [0.15, 0.2) is 0 Å². The van der Waals surface area contributed by atoms with Crippen LogP contribution >= 0.6 is 0 Å². The fourth-order valence-electron chi connectivity index (χ4n) is 2.99. The highest BCUT2D eigenvalue weighted by Crippen LogP contribution is 2.57. The summed E-state index contributed by atoms with van der Waals surface area (Å²) in [7, 11) is 0. The molecule has 2 aliphatic carbocycles. The second-order valence-corrected chi connectivity index (χ2v) is 4.51. The van der Waals surface area contributed by atoms with Crippen LogP contribution in [-0.4, -0.2) is 11.2 Å². The van der Waals surface area contributed by atoms with Gasteiger partial charge >= 0.3 is 0 Å². The van der Waals surface area contributed by atoms with Crippen molar-refractivity contribution in [3.8, 4) is 0 Å². The molecule has 2 aliphatic rings. The molecule has 2 rings (SSSR count). The monoisotopic (exact) mass is 140 g/mol. The molecule has 0 aromatic heterocycles. The van der Waals surface area contributed by atoms with E-state index in [1.54, 1.807) is 0 Å². The van der Waals surface area contributed by atoms with E-state index in [9.17, 15) is 5.11 Å². The van der Waals surface area contributed by atoms with Gasteiger partial charge in [0.1, 0.15) is 0 Å². The quantitative estimate of drug-likeness (QED) is 0.544. The van der Waals surface area contributed by atoms with E-state index in [2.05, 4.69) is 13.8 Å². The standard InChI is InChI=1S/C9H16O/c1-9(2)6-3-4-7(9)8(10)5-6/h6-8,10H,3-5H2,1-2H3. The zero-order valence-electron chi connectivity index (χ0n) is 6.80. The predicted molar refractivity (Wildman–Crippen MR) is 40.6 cm³/mol.